The molecule has 0 bridgehead atoms. The van der Waals surface area contributed by atoms with Gasteiger partial charge in [0, 0.05) is 5.69 Å². The Morgan fingerprint density at radius 1 is 1.00 bits per heavy atom. The molecular weight excluding hydrogens is 362 g/mol. The van der Waals surface area contributed by atoms with E-state index in [2.05, 4.69) is 5.32 Å². The second-order valence-electron chi connectivity index (χ2n) is 6.20. The summed E-state index contributed by atoms with van der Waals surface area (Å²) in [6, 6.07) is 10.7. The Hall–Kier alpha value is -3.22. The molecule has 2 aromatic carbocycles. The Morgan fingerprint density at radius 2 is 1.64 bits per heavy atom. The molecule has 0 heterocycles. The van der Waals surface area contributed by atoms with Crippen molar-refractivity contribution in [1.82, 2.24) is 0 Å². The van der Waals surface area contributed by atoms with E-state index in [0.717, 1.165) is 5.56 Å². The monoisotopic (exact) mass is 387 g/mol. The van der Waals surface area contributed by atoms with Crippen LogP contribution in [0.3, 0.4) is 0 Å². The van der Waals surface area contributed by atoms with Crippen LogP contribution in [0.25, 0.3) is 0 Å². The molecule has 1 N–H and O–H groups in total. The van der Waals surface area contributed by atoms with E-state index in [0.29, 0.717) is 28.5 Å². The van der Waals surface area contributed by atoms with E-state index in [4.69, 9.17) is 18.9 Å². The van der Waals surface area contributed by atoms with Gasteiger partial charge in [0.1, 0.15) is 0 Å². The zero-order valence-corrected chi connectivity index (χ0v) is 16.7. The third kappa shape index (κ3) is 5.39. The first-order valence-corrected chi connectivity index (χ1v) is 8.73. The van der Waals surface area contributed by atoms with Gasteiger partial charge in [0.15, 0.2) is 17.6 Å². The number of carbonyl (C=O) groups is 2. The normalized spacial score (nSPS) is 11.3. The number of ether oxygens (including phenoxy) is 4. The number of hydrogen-bond acceptors (Lipinski definition) is 6. The minimum absolute atomic E-state index is 0.0429. The molecule has 2 rings (SSSR count). The van der Waals surface area contributed by atoms with Gasteiger partial charge in [-0.1, -0.05) is 12.1 Å². The molecule has 1 atom stereocenters. The summed E-state index contributed by atoms with van der Waals surface area (Å²) in [4.78, 5) is 24.5. The molecule has 1 amide bonds. The quantitative estimate of drug-likeness (QED) is 0.701. The molecule has 0 aliphatic heterocycles. The van der Waals surface area contributed by atoms with Crippen molar-refractivity contribution in [3.05, 3.63) is 47.5 Å². The van der Waals surface area contributed by atoms with E-state index in [-0.39, 0.29) is 6.42 Å². The second kappa shape index (κ2) is 9.64. The van der Waals surface area contributed by atoms with E-state index in [9.17, 15) is 9.59 Å². The Bertz CT molecular complexity index is 824. The molecule has 7 heteroatoms. The maximum absolute atomic E-state index is 12.3. The number of hydrogen-bond donors (Lipinski definition) is 1. The van der Waals surface area contributed by atoms with Gasteiger partial charge < -0.3 is 24.3 Å². The summed E-state index contributed by atoms with van der Waals surface area (Å²) in [6.45, 7) is 3.45. The van der Waals surface area contributed by atoms with E-state index in [1.807, 2.05) is 25.1 Å². The molecule has 0 aliphatic rings. The standard InChI is InChI=1S/C21H25NO6/c1-13-7-6-8-16(9-13)22-21(24)14(2)28-19(23)12-15-10-17(25-3)20(27-5)18(11-15)26-4/h6-11,14H,12H2,1-5H3,(H,22,24)/t14-/m0/s1. The maximum atomic E-state index is 12.3. The maximum Gasteiger partial charge on any atom is 0.311 e. The molecular formula is C21H25NO6. The molecule has 0 unspecified atom stereocenters. The lowest BCUT2D eigenvalue weighted by molar-refractivity contribution is -0.152. The van der Waals surface area contributed by atoms with Gasteiger partial charge in [0.25, 0.3) is 5.91 Å². The van der Waals surface area contributed by atoms with Crippen LogP contribution in [0.2, 0.25) is 0 Å². The highest BCUT2D eigenvalue weighted by Gasteiger charge is 2.20. The number of benzene rings is 2. The van der Waals surface area contributed by atoms with Crippen molar-refractivity contribution in [2.24, 2.45) is 0 Å². The van der Waals surface area contributed by atoms with Crippen molar-refractivity contribution in [2.75, 3.05) is 26.6 Å². The number of esters is 1. The fourth-order valence-electron chi connectivity index (χ4n) is 2.66. The number of methoxy groups -OCH3 is 3. The molecule has 0 radical (unpaired) electrons. The molecule has 0 spiro atoms. The fourth-order valence-corrected chi connectivity index (χ4v) is 2.66. The summed E-state index contributed by atoms with van der Waals surface area (Å²) in [5.41, 5.74) is 2.29. The Balaban J connectivity index is 2.02. The number of amides is 1. The molecule has 7 nitrogen and oxygen atoms in total. The smallest absolute Gasteiger partial charge is 0.311 e. The summed E-state index contributed by atoms with van der Waals surface area (Å²) in [6.07, 6.45) is -0.978. The van der Waals surface area contributed by atoms with Crippen LogP contribution >= 0.6 is 0 Å². The highest BCUT2D eigenvalue weighted by atomic mass is 16.5. The van der Waals surface area contributed by atoms with Gasteiger partial charge in [-0.15, -0.1) is 0 Å². The van der Waals surface area contributed by atoms with Gasteiger partial charge in [-0.25, -0.2) is 0 Å². The predicted octanol–water partition coefficient (Wildman–Crippen LogP) is 3.13. The number of anilines is 1. The zero-order valence-electron chi connectivity index (χ0n) is 16.7. The largest absolute Gasteiger partial charge is 0.493 e. The molecule has 0 fully saturated rings. The summed E-state index contributed by atoms with van der Waals surface area (Å²) in [5.74, 6) is 0.378. The van der Waals surface area contributed by atoms with Gasteiger partial charge in [-0.2, -0.15) is 0 Å². The van der Waals surface area contributed by atoms with Crippen molar-refractivity contribution in [2.45, 2.75) is 26.4 Å². The van der Waals surface area contributed by atoms with E-state index < -0.39 is 18.0 Å². The van der Waals surface area contributed by atoms with Crippen LogP contribution in [0.4, 0.5) is 5.69 Å². The van der Waals surface area contributed by atoms with Gasteiger partial charge >= 0.3 is 5.97 Å². The summed E-state index contributed by atoms with van der Waals surface area (Å²) in [7, 11) is 4.50. The van der Waals surface area contributed by atoms with Gasteiger partial charge in [-0.05, 0) is 49.2 Å². The third-order valence-electron chi connectivity index (χ3n) is 4.04. The van der Waals surface area contributed by atoms with E-state index in [1.54, 1.807) is 18.2 Å². The van der Waals surface area contributed by atoms with Crippen molar-refractivity contribution < 1.29 is 28.5 Å². The third-order valence-corrected chi connectivity index (χ3v) is 4.04. The van der Waals surface area contributed by atoms with Crippen LogP contribution in [-0.4, -0.2) is 39.3 Å². The van der Waals surface area contributed by atoms with E-state index in [1.165, 1.54) is 28.3 Å². The van der Waals surface area contributed by atoms with Crippen LogP contribution in [-0.2, 0) is 20.7 Å². The first-order chi connectivity index (χ1) is 13.4. The first-order valence-electron chi connectivity index (χ1n) is 8.73. The first kappa shape index (κ1) is 21.1. The summed E-state index contributed by atoms with van der Waals surface area (Å²) >= 11 is 0. The van der Waals surface area contributed by atoms with E-state index >= 15 is 0 Å². The zero-order chi connectivity index (χ0) is 20.7. The topological polar surface area (TPSA) is 83.1 Å². The number of aryl methyl sites for hydroxylation is 1. The Labute approximate surface area is 164 Å². The van der Waals surface area contributed by atoms with Crippen LogP contribution < -0.4 is 19.5 Å². The molecule has 0 saturated carbocycles. The van der Waals surface area contributed by atoms with Crippen LogP contribution in [0.5, 0.6) is 17.2 Å². The minimum atomic E-state index is -0.935. The summed E-state index contributed by atoms with van der Waals surface area (Å²) in [5, 5.41) is 2.73. The fraction of sp³-hybridized carbons (Fsp3) is 0.333. The van der Waals surface area contributed by atoms with Crippen molar-refractivity contribution in [3.63, 3.8) is 0 Å². The SMILES string of the molecule is COc1cc(CC(=O)O[C@@H](C)C(=O)Nc2cccc(C)c2)cc(OC)c1OC. The molecule has 150 valence electrons. The lowest BCUT2D eigenvalue weighted by Gasteiger charge is -2.16. The highest BCUT2D eigenvalue weighted by molar-refractivity contribution is 5.95. The second-order valence-corrected chi connectivity index (χ2v) is 6.20. The van der Waals surface area contributed by atoms with Crippen molar-refractivity contribution in [1.29, 1.82) is 0 Å². The molecule has 0 aliphatic carbocycles. The van der Waals surface area contributed by atoms with Crippen LogP contribution in [0.1, 0.15) is 18.1 Å². The minimum Gasteiger partial charge on any atom is -0.493 e. The summed E-state index contributed by atoms with van der Waals surface area (Å²) < 4.78 is 21.1. The van der Waals surface area contributed by atoms with Gasteiger partial charge in [0.05, 0.1) is 27.8 Å². The van der Waals surface area contributed by atoms with Crippen molar-refractivity contribution >= 4 is 17.6 Å². The molecule has 0 aromatic heterocycles. The number of rotatable bonds is 8. The number of carbonyl (C=O) groups excluding carboxylic acids is 2. The number of nitrogens with one attached hydrogen (secondary N) is 1. The van der Waals surface area contributed by atoms with Crippen molar-refractivity contribution in [3.8, 4) is 17.2 Å². The molecule has 0 saturated heterocycles. The lowest BCUT2D eigenvalue weighted by atomic mass is 10.1. The van der Waals surface area contributed by atoms with Crippen LogP contribution in [0, 0.1) is 6.92 Å². The molecule has 28 heavy (non-hydrogen) atoms. The highest BCUT2D eigenvalue weighted by Crippen LogP contribution is 2.38. The van der Waals surface area contributed by atoms with Gasteiger partial charge in [0.2, 0.25) is 5.75 Å². The molecule has 2 aromatic rings. The lowest BCUT2D eigenvalue weighted by Crippen LogP contribution is -2.30. The Kier molecular flexibility index (Phi) is 7.26. The van der Waals surface area contributed by atoms with Gasteiger partial charge in [-0.3, -0.25) is 9.59 Å². The Morgan fingerprint density at radius 3 is 2.18 bits per heavy atom. The average Bonchev–Trinajstić information content (AvgIpc) is 2.66. The predicted molar refractivity (Wildman–Crippen MR) is 105 cm³/mol. The van der Waals surface area contributed by atoms with Crippen LogP contribution in [0.15, 0.2) is 36.4 Å². The average molecular weight is 387 g/mol.